The summed E-state index contributed by atoms with van der Waals surface area (Å²) in [7, 11) is -5.17. The molecule has 0 saturated heterocycles. The van der Waals surface area contributed by atoms with Crippen molar-refractivity contribution in [2.24, 2.45) is 34.5 Å². The second-order valence-electron chi connectivity index (χ2n) is 14.8. The average Bonchev–Trinajstić information content (AvgIpc) is 3.46. The third-order valence-corrected chi connectivity index (χ3v) is 12.8. The van der Waals surface area contributed by atoms with Crippen molar-refractivity contribution in [2.75, 3.05) is 0 Å². The van der Waals surface area contributed by atoms with Gasteiger partial charge in [0.2, 0.25) is 0 Å². The van der Waals surface area contributed by atoms with E-state index in [-0.39, 0.29) is 114 Å². The first-order valence-electron chi connectivity index (χ1n) is 16.6. The van der Waals surface area contributed by atoms with Gasteiger partial charge in [-0.1, -0.05) is 26.0 Å². The van der Waals surface area contributed by atoms with Crippen LogP contribution >= 0.6 is 0 Å². The molecule has 0 heterocycles. The van der Waals surface area contributed by atoms with E-state index in [0.717, 1.165) is 64.2 Å². The molecule has 6 aliphatic rings. The average molecular weight is 715 g/mol. The van der Waals surface area contributed by atoms with E-state index in [1.807, 2.05) is 24.3 Å². The van der Waals surface area contributed by atoms with Crippen molar-refractivity contribution in [1.29, 1.82) is 0 Å². The van der Waals surface area contributed by atoms with Crippen LogP contribution in [-0.4, -0.2) is 39.3 Å². The first-order chi connectivity index (χ1) is 21.2. The number of benzene rings is 2. The Morgan fingerprint density at radius 1 is 0.638 bits per heavy atom. The number of carbonyl (C=O) groups excluding carboxylic acids is 2. The number of fused-ring (bicyclic) bond motifs is 10. The molecule has 47 heavy (non-hydrogen) atoms. The van der Waals surface area contributed by atoms with Gasteiger partial charge in [-0.15, -0.1) is 0 Å². The van der Waals surface area contributed by atoms with Gasteiger partial charge >= 0.3 is 103 Å². The van der Waals surface area contributed by atoms with Crippen LogP contribution in [0.3, 0.4) is 0 Å². The third kappa shape index (κ3) is 8.13. The van der Waals surface area contributed by atoms with Gasteiger partial charge in [0.05, 0.1) is 0 Å². The van der Waals surface area contributed by atoms with Crippen LogP contribution in [0.25, 0.3) is 0 Å². The number of carbonyl (C=O) groups is 2. The number of rotatable bonds is 0. The summed E-state index contributed by atoms with van der Waals surface area (Å²) in [6.07, 6.45) is 12.7. The number of hydrogen-bond acceptors (Lipinski definition) is 8. The van der Waals surface area contributed by atoms with Crippen molar-refractivity contribution >= 4 is 22.0 Å². The number of hydrogen-bond donors (Lipinski definition) is 2. The van der Waals surface area contributed by atoms with Crippen molar-refractivity contribution in [1.82, 2.24) is 0 Å². The van der Waals surface area contributed by atoms with Crippen molar-refractivity contribution in [3.63, 3.8) is 0 Å². The van der Waals surface area contributed by atoms with E-state index in [2.05, 4.69) is 26.0 Å². The normalized spacial score (nSPS) is 34.5. The minimum Gasteiger partial charge on any atom is -0.759 e. The van der Waals surface area contributed by atoms with E-state index in [9.17, 15) is 19.8 Å². The van der Waals surface area contributed by atoms with Gasteiger partial charge in [0, 0.05) is 34.1 Å². The Bertz CT molecular complexity index is 1500. The number of aromatic hydroxyl groups is 2. The molecule has 11 heteroatoms. The molecule has 6 aliphatic carbocycles. The summed E-state index contributed by atoms with van der Waals surface area (Å²) in [5.41, 5.74) is 5.49. The van der Waals surface area contributed by atoms with E-state index in [1.54, 1.807) is 0 Å². The minimum atomic E-state index is -5.17. The summed E-state index contributed by atoms with van der Waals surface area (Å²) < 4.78 is 34.1. The number of aryl methyl sites for hydroxylation is 2. The molecule has 0 aromatic heterocycles. The predicted molar refractivity (Wildman–Crippen MR) is 166 cm³/mol. The summed E-state index contributed by atoms with van der Waals surface area (Å²) in [4.78, 5) is 24.5. The van der Waals surface area contributed by atoms with Crippen LogP contribution in [0.15, 0.2) is 36.4 Å². The van der Waals surface area contributed by atoms with Crippen LogP contribution in [0, 0.1) is 34.5 Å². The second-order valence-corrected chi connectivity index (χ2v) is 15.7. The first-order valence-corrected chi connectivity index (χ1v) is 17.9. The zero-order valence-electron chi connectivity index (χ0n) is 28.2. The number of ketones is 2. The monoisotopic (exact) mass is 714 g/mol. The van der Waals surface area contributed by atoms with Crippen LogP contribution in [0.2, 0.25) is 0 Å². The number of phenolic OH excluding ortho intramolecular Hbond substituents is 2. The van der Waals surface area contributed by atoms with Gasteiger partial charge in [0.1, 0.15) is 23.1 Å². The summed E-state index contributed by atoms with van der Waals surface area (Å²) in [5, 5.41) is 19.3. The molecule has 8 nitrogen and oxygen atoms in total. The molecule has 2 aromatic rings. The molecular formula is C36H44K2O8S. The summed E-state index contributed by atoms with van der Waals surface area (Å²) in [6, 6.07) is 11.8. The molecule has 8 atom stereocenters. The zero-order chi connectivity index (χ0) is 32.3. The Labute approximate surface area is 364 Å². The van der Waals surface area contributed by atoms with E-state index in [0.29, 0.717) is 58.6 Å². The Morgan fingerprint density at radius 2 is 1.00 bits per heavy atom. The molecular weight excluding hydrogens is 671 g/mol. The topological polar surface area (TPSA) is 155 Å². The molecule has 4 saturated carbocycles. The maximum absolute atomic E-state index is 12.3. The van der Waals surface area contributed by atoms with Crippen molar-refractivity contribution in [3.05, 3.63) is 58.7 Å². The maximum atomic E-state index is 12.3. The molecule has 2 aromatic carbocycles. The van der Waals surface area contributed by atoms with Crippen molar-refractivity contribution in [2.45, 2.75) is 103 Å². The fourth-order valence-corrected chi connectivity index (χ4v) is 10.7. The Hall–Kier alpha value is 0.523. The van der Waals surface area contributed by atoms with Crippen LogP contribution in [0.1, 0.15) is 112 Å². The molecule has 0 amide bonds. The summed E-state index contributed by atoms with van der Waals surface area (Å²) >= 11 is 0. The molecule has 4 unspecified atom stereocenters. The number of Topliss-reactive ketones (excluding diaryl/α,β-unsaturated/α-hetero) is 2. The standard InChI is InChI=1S/2C18H22O2.2K.H2O4S/c2*1-18-9-8-14-13-5-3-12(19)10-11(13)2-4-15(14)16(18)6-7-17(18)20;;;1-5(2,3)4/h2*3,5,10,14-16,19H,2,4,6-9H2,1H3;;;(H2,1,2,3,4)/q;;2*+1;/p-2/t14?,15?,16?,18-;14-,15-,16?,18-;;;/m00.../s1. The van der Waals surface area contributed by atoms with Crippen LogP contribution < -0.4 is 103 Å². The molecule has 4 fully saturated rings. The summed E-state index contributed by atoms with van der Waals surface area (Å²) in [5.74, 6) is 5.57. The molecule has 2 N–H and O–H groups in total. The zero-order valence-corrected chi connectivity index (χ0v) is 35.2. The van der Waals surface area contributed by atoms with E-state index < -0.39 is 10.4 Å². The Kier molecular flexibility index (Phi) is 13.4. The van der Waals surface area contributed by atoms with Gasteiger partial charge in [0.15, 0.2) is 0 Å². The van der Waals surface area contributed by atoms with Crippen LogP contribution in [0.4, 0.5) is 0 Å². The fourth-order valence-electron chi connectivity index (χ4n) is 10.7. The Balaban J connectivity index is 0.000000180. The first kappa shape index (κ1) is 40.3. The van der Waals surface area contributed by atoms with Crippen LogP contribution in [-0.2, 0) is 32.8 Å². The molecule has 8 rings (SSSR count). The van der Waals surface area contributed by atoms with E-state index in [1.165, 1.54) is 35.1 Å². The van der Waals surface area contributed by atoms with Crippen molar-refractivity contribution in [3.8, 4) is 11.5 Å². The second kappa shape index (κ2) is 15.6. The smallest absolute Gasteiger partial charge is 0.759 e. The van der Waals surface area contributed by atoms with Gasteiger partial charge in [-0.25, -0.2) is 0 Å². The van der Waals surface area contributed by atoms with Gasteiger partial charge in [-0.2, -0.15) is 0 Å². The quantitative estimate of drug-likeness (QED) is 0.225. The van der Waals surface area contributed by atoms with Gasteiger partial charge in [-0.3, -0.25) is 18.0 Å². The largest absolute Gasteiger partial charge is 1.00 e. The van der Waals surface area contributed by atoms with Gasteiger partial charge in [0.25, 0.3) is 0 Å². The minimum absolute atomic E-state index is 0. The third-order valence-electron chi connectivity index (χ3n) is 12.8. The SMILES string of the molecule is C[C@]12CCC3c4ccc(O)cc4CCC3C1CCC2=O.C[C@]12CC[C@H]3c4ccc(O)cc4CC[C@@H]3C1CCC2=O.O=S(=O)([O-])[O-].[K+].[K+]. The van der Waals surface area contributed by atoms with Crippen LogP contribution in [0.5, 0.6) is 11.5 Å². The van der Waals surface area contributed by atoms with E-state index >= 15 is 0 Å². The molecule has 244 valence electrons. The predicted octanol–water partition coefficient (Wildman–Crippen LogP) is 0.305. The van der Waals surface area contributed by atoms with Gasteiger partial charge in [-0.05, 0) is 146 Å². The van der Waals surface area contributed by atoms with E-state index in [4.69, 9.17) is 17.5 Å². The van der Waals surface area contributed by atoms with Crippen molar-refractivity contribution < 1.29 is 140 Å². The molecule has 0 spiro atoms. The van der Waals surface area contributed by atoms with Gasteiger partial charge < -0.3 is 19.3 Å². The fraction of sp³-hybridized carbons (Fsp3) is 0.611. The molecule has 0 radical (unpaired) electrons. The maximum Gasteiger partial charge on any atom is 1.00 e. The summed E-state index contributed by atoms with van der Waals surface area (Å²) in [6.45, 7) is 4.44. The number of phenols is 2. The molecule has 0 bridgehead atoms. The molecule has 0 aliphatic heterocycles. The Morgan fingerprint density at radius 3 is 1.36 bits per heavy atom.